The molecule has 19 heavy (non-hydrogen) atoms. The molecule has 0 radical (unpaired) electrons. The summed E-state index contributed by atoms with van der Waals surface area (Å²) in [5.41, 5.74) is -1.00. The van der Waals surface area contributed by atoms with Crippen LogP contribution in [0, 0.1) is 5.41 Å². The minimum Gasteiger partial charge on any atom is -0.481 e. The van der Waals surface area contributed by atoms with Gasteiger partial charge in [-0.25, -0.2) is 0 Å². The lowest BCUT2D eigenvalue weighted by atomic mass is 9.79. The molecule has 0 aliphatic carbocycles. The van der Waals surface area contributed by atoms with Crippen molar-refractivity contribution in [1.29, 1.82) is 0 Å². The van der Waals surface area contributed by atoms with Gasteiger partial charge in [-0.3, -0.25) is 9.59 Å². The Kier molecular flexibility index (Phi) is 5.75. The molecule has 6 nitrogen and oxygen atoms in total. The molecule has 1 heterocycles. The summed E-state index contributed by atoms with van der Waals surface area (Å²) in [4.78, 5) is 25.3. The SMILES string of the molecule is CCC(CC)(CC(=O)N1CCOCC1CO)C(=O)O. The third-order valence-electron chi connectivity index (χ3n) is 4.06. The summed E-state index contributed by atoms with van der Waals surface area (Å²) in [7, 11) is 0. The number of hydrogen-bond acceptors (Lipinski definition) is 4. The van der Waals surface area contributed by atoms with Crippen molar-refractivity contribution in [3.05, 3.63) is 0 Å². The second kappa shape index (κ2) is 6.86. The third-order valence-corrected chi connectivity index (χ3v) is 4.06. The second-order valence-corrected chi connectivity index (χ2v) is 4.97. The van der Waals surface area contributed by atoms with Crippen LogP contribution in [0.3, 0.4) is 0 Å². The van der Waals surface area contributed by atoms with Crippen LogP contribution in [0.4, 0.5) is 0 Å². The van der Waals surface area contributed by atoms with Gasteiger partial charge in [0, 0.05) is 13.0 Å². The van der Waals surface area contributed by atoms with Crippen molar-refractivity contribution in [3.63, 3.8) is 0 Å². The Hall–Kier alpha value is -1.14. The topological polar surface area (TPSA) is 87.1 Å². The van der Waals surface area contributed by atoms with Gasteiger partial charge in [-0.15, -0.1) is 0 Å². The maximum absolute atomic E-state index is 12.3. The van der Waals surface area contributed by atoms with E-state index in [1.54, 1.807) is 18.7 Å². The maximum Gasteiger partial charge on any atom is 0.310 e. The predicted molar refractivity (Wildman–Crippen MR) is 68.7 cm³/mol. The Morgan fingerprint density at radius 1 is 1.37 bits per heavy atom. The molecule has 1 unspecified atom stereocenters. The molecule has 0 spiro atoms. The monoisotopic (exact) mass is 273 g/mol. The standard InChI is InChI=1S/C13H23NO5/c1-3-13(4-2,12(17)18)7-11(16)14-5-6-19-9-10(14)8-15/h10,15H,3-9H2,1-2H3,(H,17,18). The molecule has 1 aliphatic rings. The number of carboxylic acid groups (broad SMARTS) is 1. The second-order valence-electron chi connectivity index (χ2n) is 4.97. The zero-order valence-electron chi connectivity index (χ0n) is 11.6. The number of carbonyl (C=O) groups is 2. The smallest absolute Gasteiger partial charge is 0.310 e. The van der Waals surface area contributed by atoms with Crippen molar-refractivity contribution in [2.75, 3.05) is 26.4 Å². The van der Waals surface area contributed by atoms with Crippen LogP contribution in [-0.4, -0.2) is 59.4 Å². The van der Waals surface area contributed by atoms with Crippen LogP contribution in [-0.2, 0) is 14.3 Å². The number of nitrogens with zero attached hydrogens (tertiary/aromatic N) is 1. The molecular weight excluding hydrogens is 250 g/mol. The lowest BCUT2D eigenvalue weighted by molar-refractivity contribution is -0.157. The Labute approximate surface area is 113 Å². The van der Waals surface area contributed by atoms with Gasteiger partial charge < -0.3 is 19.8 Å². The molecule has 2 N–H and O–H groups in total. The van der Waals surface area contributed by atoms with E-state index in [4.69, 9.17) is 4.74 Å². The van der Waals surface area contributed by atoms with Gasteiger partial charge >= 0.3 is 5.97 Å². The van der Waals surface area contributed by atoms with E-state index in [0.717, 1.165) is 0 Å². The molecule has 1 rings (SSSR count). The summed E-state index contributed by atoms with van der Waals surface area (Å²) in [6.45, 7) is 4.56. The first kappa shape index (κ1) is 15.9. The highest BCUT2D eigenvalue weighted by Gasteiger charge is 2.39. The van der Waals surface area contributed by atoms with Gasteiger partial charge in [-0.1, -0.05) is 13.8 Å². The number of aliphatic carboxylic acids is 1. The molecule has 1 saturated heterocycles. The molecular formula is C13H23NO5. The van der Waals surface area contributed by atoms with E-state index in [-0.39, 0.29) is 25.0 Å². The lowest BCUT2D eigenvalue weighted by Gasteiger charge is -2.37. The maximum atomic E-state index is 12.3. The molecule has 1 atom stereocenters. The van der Waals surface area contributed by atoms with Gasteiger partial charge in [0.2, 0.25) is 5.91 Å². The lowest BCUT2D eigenvalue weighted by Crippen LogP contribution is -2.52. The number of aliphatic hydroxyl groups excluding tert-OH is 1. The molecule has 0 aromatic heterocycles. The van der Waals surface area contributed by atoms with Crippen LogP contribution in [0.1, 0.15) is 33.1 Å². The quantitative estimate of drug-likeness (QED) is 0.735. The van der Waals surface area contributed by atoms with Crippen LogP contribution in [0.5, 0.6) is 0 Å². The molecule has 0 aromatic rings. The summed E-state index contributed by atoms with van der Waals surface area (Å²) in [5, 5.41) is 18.6. The van der Waals surface area contributed by atoms with E-state index in [1.165, 1.54) is 0 Å². The molecule has 0 saturated carbocycles. The number of rotatable bonds is 6. The van der Waals surface area contributed by atoms with Gasteiger partial charge in [-0.2, -0.15) is 0 Å². The molecule has 0 aromatic carbocycles. The number of amides is 1. The van der Waals surface area contributed by atoms with E-state index in [2.05, 4.69) is 0 Å². The van der Waals surface area contributed by atoms with E-state index >= 15 is 0 Å². The van der Waals surface area contributed by atoms with Crippen LogP contribution in [0.15, 0.2) is 0 Å². The average Bonchev–Trinajstić information content (AvgIpc) is 2.44. The number of carboxylic acids is 1. The van der Waals surface area contributed by atoms with Crippen LogP contribution in [0.2, 0.25) is 0 Å². The predicted octanol–water partition coefficient (Wildman–Crippen LogP) is 0.487. The first-order valence-electron chi connectivity index (χ1n) is 6.72. The number of ether oxygens (including phenoxy) is 1. The van der Waals surface area contributed by atoms with Crippen LogP contribution in [0.25, 0.3) is 0 Å². The summed E-state index contributed by atoms with van der Waals surface area (Å²) in [6, 6.07) is -0.360. The Bertz CT molecular complexity index is 327. The number of carbonyl (C=O) groups excluding carboxylic acids is 1. The van der Waals surface area contributed by atoms with Crippen molar-refractivity contribution in [2.45, 2.75) is 39.2 Å². The number of hydrogen-bond donors (Lipinski definition) is 2. The molecule has 1 fully saturated rings. The van der Waals surface area contributed by atoms with Crippen molar-refractivity contribution < 1.29 is 24.5 Å². The van der Waals surface area contributed by atoms with Gasteiger partial charge in [0.15, 0.2) is 0 Å². The van der Waals surface area contributed by atoms with Crippen molar-refractivity contribution >= 4 is 11.9 Å². The van der Waals surface area contributed by atoms with Gasteiger partial charge in [0.1, 0.15) is 0 Å². The van der Waals surface area contributed by atoms with E-state index in [9.17, 15) is 19.8 Å². The zero-order valence-corrected chi connectivity index (χ0v) is 11.6. The fourth-order valence-electron chi connectivity index (χ4n) is 2.40. The third kappa shape index (κ3) is 3.45. The summed E-state index contributed by atoms with van der Waals surface area (Å²) >= 11 is 0. The molecule has 110 valence electrons. The van der Waals surface area contributed by atoms with Crippen molar-refractivity contribution in [2.24, 2.45) is 5.41 Å². The summed E-state index contributed by atoms with van der Waals surface area (Å²) < 4.78 is 5.21. The summed E-state index contributed by atoms with van der Waals surface area (Å²) in [6.07, 6.45) is 0.809. The highest BCUT2D eigenvalue weighted by Crippen LogP contribution is 2.32. The highest BCUT2D eigenvalue weighted by atomic mass is 16.5. The van der Waals surface area contributed by atoms with E-state index < -0.39 is 11.4 Å². The number of aliphatic hydroxyl groups is 1. The van der Waals surface area contributed by atoms with Crippen LogP contribution >= 0.6 is 0 Å². The minimum absolute atomic E-state index is 0.0220. The van der Waals surface area contributed by atoms with Gasteiger partial charge in [-0.05, 0) is 12.8 Å². The summed E-state index contributed by atoms with van der Waals surface area (Å²) in [5.74, 6) is -1.15. The first-order chi connectivity index (χ1) is 9.00. The van der Waals surface area contributed by atoms with E-state index in [1.807, 2.05) is 0 Å². The van der Waals surface area contributed by atoms with Gasteiger partial charge in [0.05, 0.1) is 31.3 Å². The highest BCUT2D eigenvalue weighted by molar-refractivity contribution is 5.85. The fraction of sp³-hybridized carbons (Fsp3) is 0.846. The Balaban J connectivity index is 2.78. The van der Waals surface area contributed by atoms with Crippen LogP contribution < -0.4 is 0 Å². The fourth-order valence-corrected chi connectivity index (χ4v) is 2.40. The molecule has 6 heteroatoms. The Morgan fingerprint density at radius 2 is 2.00 bits per heavy atom. The Morgan fingerprint density at radius 3 is 2.47 bits per heavy atom. The first-order valence-corrected chi connectivity index (χ1v) is 6.72. The minimum atomic E-state index is -1.00. The van der Waals surface area contributed by atoms with E-state index in [0.29, 0.717) is 32.6 Å². The molecule has 1 aliphatic heterocycles. The average molecular weight is 273 g/mol. The molecule has 1 amide bonds. The van der Waals surface area contributed by atoms with Crippen molar-refractivity contribution in [1.82, 2.24) is 4.90 Å². The molecule has 0 bridgehead atoms. The number of morpholine rings is 1. The largest absolute Gasteiger partial charge is 0.481 e. The van der Waals surface area contributed by atoms with Crippen molar-refractivity contribution in [3.8, 4) is 0 Å². The normalized spacial score (nSPS) is 20.4. The van der Waals surface area contributed by atoms with Gasteiger partial charge in [0.25, 0.3) is 0 Å². The zero-order chi connectivity index (χ0) is 14.5.